The number of hydrogen-bond acceptors (Lipinski definition) is 4. The summed E-state index contributed by atoms with van der Waals surface area (Å²) in [6, 6.07) is 4.98. The third-order valence-electron chi connectivity index (χ3n) is 4.27. The van der Waals surface area contributed by atoms with Crippen molar-refractivity contribution in [3.63, 3.8) is 0 Å². The summed E-state index contributed by atoms with van der Waals surface area (Å²) >= 11 is 6.03. The van der Waals surface area contributed by atoms with E-state index in [1.807, 2.05) is 0 Å². The molecule has 2 heterocycles. The number of sulfone groups is 1. The van der Waals surface area contributed by atoms with Crippen molar-refractivity contribution in [2.24, 2.45) is 0 Å². The van der Waals surface area contributed by atoms with Gasteiger partial charge in [0.05, 0.1) is 10.5 Å². The van der Waals surface area contributed by atoms with Crippen LogP contribution in [0.5, 0.6) is 0 Å². The van der Waals surface area contributed by atoms with Crippen LogP contribution in [0.25, 0.3) is 11.6 Å². The topological polar surface area (TPSA) is 116 Å². The smallest absolute Gasteiger partial charge is 0.303 e. The van der Waals surface area contributed by atoms with Crippen LogP contribution >= 0.6 is 11.6 Å². The number of carbonyl (C=O) groups is 2. The number of fused-ring (bicyclic) bond motifs is 1. The molecule has 2 aromatic rings. The highest BCUT2D eigenvalue weighted by atomic mass is 35.5. The molecule has 0 spiro atoms. The molecule has 3 N–H and O–H groups in total. The number of carboxylic acid groups (broad SMARTS) is 1. The molecule has 1 aromatic carbocycles. The van der Waals surface area contributed by atoms with Crippen LogP contribution in [0.1, 0.15) is 28.9 Å². The molecule has 1 aromatic heterocycles. The Morgan fingerprint density at radius 1 is 1.33 bits per heavy atom. The molecule has 27 heavy (non-hydrogen) atoms. The molecule has 1 amide bonds. The van der Waals surface area contributed by atoms with E-state index in [0.717, 1.165) is 6.26 Å². The van der Waals surface area contributed by atoms with Crippen molar-refractivity contribution in [2.75, 3.05) is 11.6 Å². The maximum Gasteiger partial charge on any atom is 0.303 e. The van der Waals surface area contributed by atoms with E-state index in [0.29, 0.717) is 38.8 Å². The summed E-state index contributed by atoms with van der Waals surface area (Å²) in [7, 11) is -3.58. The number of aromatic nitrogens is 1. The number of carbonyl (C=O) groups excluding carboxylic acids is 1. The SMILES string of the molecule is Cc1[nH]c(/C=C2\C(=O)Nc3ccc(Cl)cc32)c(CCC(=O)O)c1S(C)(=O)=O. The number of aliphatic carboxylic acids is 1. The highest BCUT2D eigenvalue weighted by molar-refractivity contribution is 7.90. The number of aromatic amines is 1. The maximum atomic E-state index is 12.4. The van der Waals surface area contributed by atoms with E-state index >= 15 is 0 Å². The van der Waals surface area contributed by atoms with E-state index in [-0.39, 0.29) is 23.6 Å². The van der Waals surface area contributed by atoms with Crippen molar-refractivity contribution in [1.29, 1.82) is 0 Å². The molecule has 0 fully saturated rings. The van der Waals surface area contributed by atoms with Gasteiger partial charge in [0, 0.05) is 40.3 Å². The molecule has 9 heteroatoms. The zero-order chi connectivity index (χ0) is 19.9. The lowest BCUT2D eigenvalue weighted by Gasteiger charge is -2.04. The van der Waals surface area contributed by atoms with Crippen LogP contribution in [0.2, 0.25) is 5.02 Å². The van der Waals surface area contributed by atoms with E-state index in [2.05, 4.69) is 10.3 Å². The van der Waals surface area contributed by atoms with Gasteiger partial charge in [0.2, 0.25) is 0 Å². The average Bonchev–Trinajstić information content (AvgIpc) is 3.02. The Bertz CT molecular complexity index is 1100. The van der Waals surface area contributed by atoms with E-state index in [1.165, 1.54) is 6.08 Å². The number of rotatable bonds is 5. The molecule has 0 unspecified atom stereocenters. The molecular formula is C18H17ClN2O5S. The molecule has 0 radical (unpaired) electrons. The summed E-state index contributed by atoms with van der Waals surface area (Å²) in [5.41, 5.74) is 2.68. The lowest BCUT2D eigenvalue weighted by molar-refractivity contribution is -0.137. The molecule has 1 aliphatic heterocycles. The Morgan fingerprint density at radius 2 is 2.04 bits per heavy atom. The van der Waals surface area contributed by atoms with Crippen molar-refractivity contribution in [3.05, 3.63) is 45.7 Å². The number of H-pyrrole nitrogens is 1. The van der Waals surface area contributed by atoms with Crippen LogP contribution in [0.15, 0.2) is 23.1 Å². The van der Waals surface area contributed by atoms with E-state index < -0.39 is 15.8 Å². The Labute approximate surface area is 161 Å². The first-order valence-electron chi connectivity index (χ1n) is 8.04. The van der Waals surface area contributed by atoms with Gasteiger partial charge < -0.3 is 15.4 Å². The highest BCUT2D eigenvalue weighted by Crippen LogP contribution is 2.36. The minimum Gasteiger partial charge on any atom is -0.481 e. The number of halogens is 1. The second-order valence-corrected chi connectivity index (χ2v) is 8.73. The number of carboxylic acids is 1. The minimum absolute atomic E-state index is 0.0191. The van der Waals surface area contributed by atoms with Crippen LogP contribution in [-0.2, 0) is 25.8 Å². The number of nitrogens with one attached hydrogen (secondary N) is 2. The van der Waals surface area contributed by atoms with Crippen molar-refractivity contribution < 1.29 is 23.1 Å². The third-order valence-corrected chi connectivity index (χ3v) is 5.80. The molecule has 0 bridgehead atoms. The van der Waals surface area contributed by atoms with Gasteiger partial charge in [-0.05, 0) is 43.2 Å². The fourth-order valence-electron chi connectivity index (χ4n) is 3.24. The summed E-state index contributed by atoms with van der Waals surface area (Å²) in [6.07, 6.45) is 2.40. The molecule has 7 nitrogen and oxygen atoms in total. The van der Waals surface area contributed by atoms with E-state index in [1.54, 1.807) is 25.1 Å². The van der Waals surface area contributed by atoms with Crippen molar-refractivity contribution >= 4 is 50.7 Å². The van der Waals surface area contributed by atoms with E-state index in [4.69, 9.17) is 16.7 Å². The Kier molecular flexibility index (Phi) is 4.88. The van der Waals surface area contributed by atoms with Crippen LogP contribution in [0.4, 0.5) is 5.69 Å². The molecule has 1 aliphatic rings. The zero-order valence-corrected chi connectivity index (χ0v) is 16.2. The normalized spacial score (nSPS) is 15.1. The predicted octanol–water partition coefficient (Wildman–Crippen LogP) is 2.89. The molecule has 3 rings (SSSR count). The van der Waals surface area contributed by atoms with E-state index in [9.17, 15) is 18.0 Å². The van der Waals surface area contributed by atoms with Gasteiger partial charge in [-0.25, -0.2) is 8.42 Å². The van der Waals surface area contributed by atoms with Crippen molar-refractivity contribution in [2.45, 2.75) is 24.7 Å². The third kappa shape index (κ3) is 3.77. The molecular weight excluding hydrogens is 392 g/mol. The summed E-state index contributed by atoms with van der Waals surface area (Å²) in [5, 5.41) is 12.2. The van der Waals surface area contributed by atoms with Gasteiger partial charge in [0.15, 0.2) is 9.84 Å². The largest absolute Gasteiger partial charge is 0.481 e. The zero-order valence-electron chi connectivity index (χ0n) is 14.6. The number of anilines is 1. The second kappa shape index (κ2) is 6.86. The summed E-state index contributed by atoms with van der Waals surface area (Å²) in [4.78, 5) is 26.4. The number of amides is 1. The number of aryl methyl sites for hydroxylation is 1. The Balaban J connectivity index is 2.18. The van der Waals surface area contributed by atoms with Crippen molar-refractivity contribution in [1.82, 2.24) is 4.98 Å². The van der Waals surface area contributed by atoms with Crippen LogP contribution in [0.3, 0.4) is 0 Å². The summed E-state index contributed by atoms with van der Waals surface area (Å²) in [6.45, 7) is 1.60. The number of hydrogen-bond donors (Lipinski definition) is 3. The van der Waals surface area contributed by atoms with Crippen LogP contribution < -0.4 is 5.32 Å². The fraction of sp³-hybridized carbons (Fsp3) is 0.222. The quantitative estimate of drug-likeness (QED) is 0.658. The van der Waals surface area contributed by atoms with Gasteiger partial charge in [0.25, 0.3) is 5.91 Å². The van der Waals surface area contributed by atoms with Gasteiger partial charge in [-0.15, -0.1) is 0 Å². The summed E-state index contributed by atoms with van der Waals surface area (Å²) in [5.74, 6) is -1.38. The fourth-order valence-corrected chi connectivity index (χ4v) is 4.67. The minimum atomic E-state index is -3.58. The summed E-state index contributed by atoms with van der Waals surface area (Å²) < 4.78 is 24.4. The second-order valence-electron chi connectivity index (χ2n) is 6.34. The van der Waals surface area contributed by atoms with Gasteiger partial charge in [-0.1, -0.05) is 11.6 Å². The van der Waals surface area contributed by atoms with Crippen LogP contribution in [-0.4, -0.2) is 36.6 Å². The predicted molar refractivity (Wildman–Crippen MR) is 103 cm³/mol. The molecule has 0 saturated carbocycles. The van der Waals surface area contributed by atoms with Gasteiger partial charge in [-0.3, -0.25) is 9.59 Å². The Hall–Kier alpha value is -2.58. The lowest BCUT2D eigenvalue weighted by Crippen LogP contribution is -2.06. The maximum absolute atomic E-state index is 12.4. The number of benzene rings is 1. The average molecular weight is 409 g/mol. The van der Waals surface area contributed by atoms with Crippen molar-refractivity contribution in [3.8, 4) is 0 Å². The first-order valence-corrected chi connectivity index (χ1v) is 10.3. The highest BCUT2D eigenvalue weighted by Gasteiger charge is 2.27. The van der Waals surface area contributed by atoms with Gasteiger partial charge in [0.1, 0.15) is 0 Å². The standard InChI is InChI=1S/C18H17ClN2O5S/c1-9-17(27(2,25)26)11(4-6-16(22)23)15(20-9)8-13-12-7-10(19)3-5-14(12)21-18(13)24/h3,5,7-8,20H,4,6H2,1-2H3,(H,21,24)(H,22,23)/b13-8-. The van der Waals surface area contributed by atoms with Gasteiger partial charge >= 0.3 is 5.97 Å². The first kappa shape index (κ1) is 19.2. The van der Waals surface area contributed by atoms with Gasteiger partial charge in [-0.2, -0.15) is 0 Å². The first-order chi connectivity index (χ1) is 12.6. The Morgan fingerprint density at radius 3 is 2.67 bits per heavy atom. The lowest BCUT2D eigenvalue weighted by atomic mass is 10.0. The monoisotopic (exact) mass is 408 g/mol. The molecule has 142 valence electrons. The molecule has 0 saturated heterocycles. The molecule has 0 aliphatic carbocycles. The van der Waals surface area contributed by atoms with Crippen LogP contribution in [0, 0.1) is 6.92 Å². The molecule has 0 atom stereocenters.